The lowest BCUT2D eigenvalue weighted by Crippen LogP contribution is -2.41. The molecule has 3 N–H and O–H groups in total. The molecule has 2 unspecified atom stereocenters. The average Bonchev–Trinajstić information content (AvgIpc) is 2.86. The molecule has 3 nitrogen and oxygen atoms in total. The smallest absolute Gasteiger partial charge is 0.261 e. The van der Waals surface area contributed by atoms with Gasteiger partial charge in [-0.25, -0.2) is 0 Å². The Morgan fingerprint density at radius 1 is 1.53 bits per heavy atom. The summed E-state index contributed by atoms with van der Waals surface area (Å²) < 4.78 is 0.958. The van der Waals surface area contributed by atoms with E-state index in [4.69, 9.17) is 18.0 Å². The van der Waals surface area contributed by atoms with Crippen molar-refractivity contribution >= 4 is 50.4 Å². The normalized spacial score (nSPS) is 23.6. The van der Waals surface area contributed by atoms with E-state index in [-0.39, 0.29) is 17.9 Å². The van der Waals surface area contributed by atoms with Gasteiger partial charge in [-0.15, -0.1) is 11.3 Å². The van der Waals surface area contributed by atoms with Crippen molar-refractivity contribution in [2.45, 2.75) is 25.3 Å². The van der Waals surface area contributed by atoms with Crippen LogP contribution in [0.2, 0.25) is 0 Å². The number of thiophene rings is 1. The topological polar surface area (TPSA) is 55.1 Å². The lowest BCUT2D eigenvalue weighted by molar-refractivity contribution is 0.0938. The van der Waals surface area contributed by atoms with Gasteiger partial charge in [-0.05, 0) is 40.9 Å². The highest BCUT2D eigenvalue weighted by Gasteiger charge is 2.30. The second-order valence-corrected chi connectivity index (χ2v) is 7.06. The van der Waals surface area contributed by atoms with E-state index >= 15 is 0 Å². The molecular formula is C11H13BrN2OS2. The molecule has 1 aromatic heterocycles. The van der Waals surface area contributed by atoms with Crippen molar-refractivity contribution in [2.75, 3.05) is 0 Å². The number of nitrogens with two attached hydrogens (primary N) is 1. The van der Waals surface area contributed by atoms with Gasteiger partial charge < -0.3 is 11.1 Å². The Labute approximate surface area is 118 Å². The minimum Gasteiger partial charge on any atom is -0.393 e. The Kier molecular flexibility index (Phi) is 4.17. The molecule has 2 atom stereocenters. The zero-order chi connectivity index (χ0) is 12.4. The van der Waals surface area contributed by atoms with Crippen LogP contribution in [0, 0.1) is 5.92 Å². The maximum atomic E-state index is 12.0. The Balaban J connectivity index is 2.01. The number of hydrogen-bond acceptors (Lipinski definition) is 3. The van der Waals surface area contributed by atoms with Crippen LogP contribution in [0.15, 0.2) is 15.9 Å². The SMILES string of the molecule is NC(=S)C1CCCC1NC(=O)c1ccc(Br)s1. The molecule has 6 heteroatoms. The predicted molar refractivity (Wildman–Crippen MR) is 77.4 cm³/mol. The van der Waals surface area contributed by atoms with Gasteiger partial charge in [0, 0.05) is 12.0 Å². The molecule has 1 aromatic rings. The fourth-order valence-corrected chi connectivity index (χ4v) is 3.72. The summed E-state index contributed by atoms with van der Waals surface area (Å²) in [5.41, 5.74) is 5.68. The van der Waals surface area contributed by atoms with Gasteiger partial charge in [-0.3, -0.25) is 4.79 Å². The van der Waals surface area contributed by atoms with E-state index in [0.717, 1.165) is 23.0 Å². The molecule has 92 valence electrons. The first-order chi connectivity index (χ1) is 8.08. The highest BCUT2D eigenvalue weighted by molar-refractivity contribution is 9.11. The molecule has 1 amide bonds. The molecule has 0 aliphatic heterocycles. The first kappa shape index (κ1) is 13.0. The molecule has 0 saturated heterocycles. The molecule has 1 fully saturated rings. The summed E-state index contributed by atoms with van der Waals surface area (Å²) in [6.07, 6.45) is 3.01. The highest BCUT2D eigenvalue weighted by atomic mass is 79.9. The highest BCUT2D eigenvalue weighted by Crippen LogP contribution is 2.27. The zero-order valence-electron chi connectivity index (χ0n) is 9.11. The van der Waals surface area contributed by atoms with Crippen molar-refractivity contribution in [2.24, 2.45) is 11.7 Å². The van der Waals surface area contributed by atoms with Crippen LogP contribution in [0.25, 0.3) is 0 Å². The van der Waals surface area contributed by atoms with Crippen LogP contribution < -0.4 is 11.1 Å². The van der Waals surface area contributed by atoms with E-state index in [1.807, 2.05) is 12.1 Å². The summed E-state index contributed by atoms with van der Waals surface area (Å²) in [6.45, 7) is 0. The number of thiocarbonyl (C=S) groups is 1. The van der Waals surface area contributed by atoms with Crippen LogP contribution in [0.4, 0.5) is 0 Å². The fraction of sp³-hybridized carbons (Fsp3) is 0.455. The van der Waals surface area contributed by atoms with Crippen molar-refractivity contribution in [3.8, 4) is 0 Å². The van der Waals surface area contributed by atoms with Crippen LogP contribution in [-0.2, 0) is 0 Å². The Hall–Kier alpha value is -0.460. The molecule has 1 aliphatic carbocycles. The molecular weight excluding hydrogens is 320 g/mol. The summed E-state index contributed by atoms with van der Waals surface area (Å²) in [7, 11) is 0. The van der Waals surface area contributed by atoms with Gasteiger partial charge in [-0.2, -0.15) is 0 Å². The third kappa shape index (κ3) is 3.05. The number of carbonyl (C=O) groups is 1. The number of amides is 1. The van der Waals surface area contributed by atoms with Crippen molar-refractivity contribution < 1.29 is 4.79 Å². The van der Waals surface area contributed by atoms with Crippen LogP contribution >= 0.6 is 39.5 Å². The minimum atomic E-state index is -0.0335. The minimum absolute atomic E-state index is 0.0335. The van der Waals surface area contributed by atoms with E-state index in [2.05, 4.69) is 21.2 Å². The third-order valence-corrected chi connectivity index (χ3v) is 4.92. The number of nitrogens with one attached hydrogen (secondary N) is 1. The van der Waals surface area contributed by atoms with Gasteiger partial charge in [-0.1, -0.05) is 18.6 Å². The third-order valence-electron chi connectivity index (χ3n) is 2.99. The van der Waals surface area contributed by atoms with Crippen molar-refractivity contribution in [3.63, 3.8) is 0 Å². The summed E-state index contributed by atoms with van der Waals surface area (Å²) in [6, 6.07) is 3.79. The summed E-state index contributed by atoms with van der Waals surface area (Å²) >= 11 is 9.80. The monoisotopic (exact) mass is 332 g/mol. The Morgan fingerprint density at radius 2 is 2.29 bits per heavy atom. The first-order valence-corrected chi connectivity index (χ1v) is 7.45. The molecule has 0 bridgehead atoms. The molecule has 0 radical (unpaired) electrons. The largest absolute Gasteiger partial charge is 0.393 e. The first-order valence-electron chi connectivity index (χ1n) is 5.43. The number of rotatable bonds is 3. The van der Waals surface area contributed by atoms with E-state index < -0.39 is 0 Å². The van der Waals surface area contributed by atoms with Crippen LogP contribution in [0.1, 0.15) is 28.9 Å². The van der Waals surface area contributed by atoms with Gasteiger partial charge in [0.05, 0.1) is 13.7 Å². The van der Waals surface area contributed by atoms with Crippen LogP contribution in [0.3, 0.4) is 0 Å². The van der Waals surface area contributed by atoms with Gasteiger partial charge in [0.1, 0.15) is 0 Å². The van der Waals surface area contributed by atoms with Crippen LogP contribution in [0.5, 0.6) is 0 Å². The van der Waals surface area contributed by atoms with Gasteiger partial charge in [0.2, 0.25) is 0 Å². The zero-order valence-corrected chi connectivity index (χ0v) is 12.3. The van der Waals surface area contributed by atoms with Crippen molar-refractivity contribution in [3.05, 3.63) is 20.8 Å². The number of carbonyl (C=O) groups excluding carboxylic acids is 1. The molecule has 0 spiro atoms. The lowest BCUT2D eigenvalue weighted by Gasteiger charge is -2.19. The number of hydrogen-bond donors (Lipinski definition) is 2. The molecule has 1 aliphatic rings. The average molecular weight is 333 g/mol. The maximum absolute atomic E-state index is 12.0. The standard InChI is InChI=1S/C11H13BrN2OS2/c12-9-5-4-8(17-9)11(15)14-7-3-1-2-6(7)10(13)16/h4-7H,1-3H2,(H2,13,16)(H,14,15). The molecule has 1 saturated carbocycles. The second-order valence-electron chi connectivity index (χ2n) is 4.12. The Morgan fingerprint density at radius 3 is 2.88 bits per heavy atom. The summed E-state index contributed by atoms with van der Waals surface area (Å²) in [5.74, 6) is 0.117. The predicted octanol–water partition coefficient (Wildman–Crippen LogP) is 2.70. The van der Waals surface area contributed by atoms with E-state index in [1.165, 1.54) is 11.3 Å². The molecule has 1 heterocycles. The van der Waals surface area contributed by atoms with Crippen molar-refractivity contribution in [1.82, 2.24) is 5.32 Å². The number of halogens is 1. The quantitative estimate of drug-likeness (QED) is 0.837. The lowest BCUT2D eigenvalue weighted by atomic mass is 10.0. The van der Waals surface area contributed by atoms with Gasteiger partial charge in [0.15, 0.2) is 0 Å². The fourth-order valence-electron chi connectivity index (χ4n) is 2.15. The Bertz CT molecular complexity index is 446. The summed E-state index contributed by atoms with van der Waals surface area (Å²) in [4.78, 5) is 13.2. The summed E-state index contributed by atoms with van der Waals surface area (Å²) in [5, 5.41) is 3.02. The molecule has 0 aromatic carbocycles. The van der Waals surface area contributed by atoms with Gasteiger partial charge >= 0.3 is 0 Å². The van der Waals surface area contributed by atoms with Crippen LogP contribution in [-0.4, -0.2) is 16.9 Å². The van der Waals surface area contributed by atoms with Gasteiger partial charge in [0.25, 0.3) is 5.91 Å². The van der Waals surface area contributed by atoms with E-state index in [9.17, 15) is 4.79 Å². The second kappa shape index (κ2) is 5.46. The van der Waals surface area contributed by atoms with E-state index in [1.54, 1.807) is 0 Å². The maximum Gasteiger partial charge on any atom is 0.261 e. The molecule has 2 rings (SSSR count). The van der Waals surface area contributed by atoms with Crippen molar-refractivity contribution in [1.29, 1.82) is 0 Å². The molecule has 17 heavy (non-hydrogen) atoms. The van der Waals surface area contributed by atoms with E-state index in [0.29, 0.717) is 9.87 Å².